The summed E-state index contributed by atoms with van der Waals surface area (Å²) in [5.41, 5.74) is 6.40. The molecule has 2 heterocycles. The molecule has 1 atom stereocenters. The Morgan fingerprint density at radius 2 is 2.31 bits per heavy atom. The van der Waals surface area contributed by atoms with E-state index in [-0.39, 0.29) is 6.04 Å². The van der Waals surface area contributed by atoms with Crippen molar-refractivity contribution < 1.29 is 4.52 Å². The minimum absolute atomic E-state index is 0.0511. The molecule has 84 valence electrons. The van der Waals surface area contributed by atoms with Gasteiger partial charge in [-0.3, -0.25) is 4.98 Å². The molecule has 0 saturated carbocycles. The van der Waals surface area contributed by atoms with E-state index in [1.165, 1.54) is 0 Å². The monoisotopic (exact) mass is 219 g/mol. The van der Waals surface area contributed by atoms with Gasteiger partial charge in [-0.05, 0) is 6.42 Å². The van der Waals surface area contributed by atoms with E-state index in [9.17, 15) is 0 Å². The third kappa shape index (κ3) is 2.40. The van der Waals surface area contributed by atoms with E-state index in [1.54, 1.807) is 18.6 Å². The first kappa shape index (κ1) is 10.7. The van der Waals surface area contributed by atoms with Crippen LogP contribution < -0.4 is 5.73 Å². The molecule has 0 spiro atoms. The molecule has 16 heavy (non-hydrogen) atoms. The largest absolute Gasteiger partial charge is 0.339 e. The second-order valence-corrected chi connectivity index (χ2v) is 3.47. The van der Waals surface area contributed by atoms with Gasteiger partial charge in [-0.1, -0.05) is 12.1 Å². The van der Waals surface area contributed by atoms with Crippen LogP contribution in [0.25, 0.3) is 11.5 Å². The van der Waals surface area contributed by atoms with Crippen molar-refractivity contribution in [2.45, 2.75) is 25.8 Å². The smallest absolute Gasteiger partial charge is 0.228 e. The first-order valence-electron chi connectivity index (χ1n) is 5.14. The predicted octanol–water partition coefficient (Wildman–Crippen LogP) is 0.806. The molecule has 0 aliphatic carbocycles. The van der Waals surface area contributed by atoms with E-state index in [0.717, 1.165) is 6.42 Å². The summed E-state index contributed by atoms with van der Waals surface area (Å²) in [6.07, 6.45) is 6.24. The molecule has 2 N–H and O–H groups in total. The Kier molecular flexibility index (Phi) is 3.21. The lowest BCUT2D eigenvalue weighted by Crippen LogP contribution is -2.21. The van der Waals surface area contributed by atoms with Crippen molar-refractivity contribution in [3.63, 3.8) is 0 Å². The summed E-state index contributed by atoms with van der Waals surface area (Å²) >= 11 is 0. The first-order chi connectivity index (χ1) is 7.79. The number of nitrogens with zero attached hydrogens (tertiary/aromatic N) is 4. The Labute approximate surface area is 92.9 Å². The first-order valence-corrected chi connectivity index (χ1v) is 5.14. The van der Waals surface area contributed by atoms with E-state index < -0.39 is 0 Å². The zero-order chi connectivity index (χ0) is 11.4. The van der Waals surface area contributed by atoms with Gasteiger partial charge in [0, 0.05) is 24.9 Å². The third-order valence-electron chi connectivity index (χ3n) is 2.22. The van der Waals surface area contributed by atoms with Crippen LogP contribution in [0.2, 0.25) is 0 Å². The summed E-state index contributed by atoms with van der Waals surface area (Å²) in [5.74, 6) is 0.987. The summed E-state index contributed by atoms with van der Waals surface area (Å²) in [5, 5.41) is 3.83. The van der Waals surface area contributed by atoms with Crippen LogP contribution in [0.15, 0.2) is 23.1 Å². The highest BCUT2D eigenvalue weighted by Crippen LogP contribution is 2.11. The van der Waals surface area contributed by atoms with Crippen LogP contribution in [-0.4, -0.2) is 26.2 Å². The minimum atomic E-state index is 0.0511. The van der Waals surface area contributed by atoms with Gasteiger partial charge in [0.15, 0.2) is 0 Å². The lowest BCUT2D eigenvalue weighted by Gasteiger charge is -2.02. The Morgan fingerprint density at radius 3 is 3.00 bits per heavy atom. The molecule has 2 rings (SSSR count). The zero-order valence-corrected chi connectivity index (χ0v) is 9.00. The van der Waals surface area contributed by atoms with Crippen molar-refractivity contribution in [2.24, 2.45) is 5.73 Å². The van der Waals surface area contributed by atoms with Crippen LogP contribution in [0.1, 0.15) is 19.2 Å². The van der Waals surface area contributed by atoms with Gasteiger partial charge in [-0.15, -0.1) is 0 Å². The van der Waals surface area contributed by atoms with Gasteiger partial charge >= 0.3 is 0 Å². The Hall–Kier alpha value is -1.82. The molecule has 2 aromatic rings. The maximum atomic E-state index is 5.80. The normalized spacial score (nSPS) is 12.6. The quantitative estimate of drug-likeness (QED) is 0.818. The van der Waals surface area contributed by atoms with Gasteiger partial charge in [0.1, 0.15) is 5.69 Å². The molecule has 2 aromatic heterocycles. The number of nitrogens with two attached hydrogens (primary N) is 1. The molecule has 0 saturated heterocycles. The second kappa shape index (κ2) is 4.80. The van der Waals surface area contributed by atoms with E-state index in [4.69, 9.17) is 10.3 Å². The van der Waals surface area contributed by atoms with Crippen LogP contribution in [0.5, 0.6) is 0 Å². The summed E-state index contributed by atoms with van der Waals surface area (Å²) in [6, 6.07) is 0.0511. The van der Waals surface area contributed by atoms with Gasteiger partial charge < -0.3 is 10.3 Å². The fourth-order valence-electron chi connectivity index (χ4n) is 1.23. The van der Waals surface area contributed by atoms with Gasteiger partial charge in [0.05, 0.1) is 6.20 Å². The maximum absolute atomic E-state index is 5.80. The summed E-state index contributed by atoms with van der Waals surface area (Å²) in [4.78, 5) is 12.2. The Morgan fingerprint density at radius 1 is 1.44 bits per heavy atom. The Balaban J connectivity index is 2.14. The summed E-state index contributed by atoms with van der Waals surface area (Å²) in [6.45, 7) is 2.02. The summed E-state index contributed by atoms with van der Waals surface area (Å²) in [7, 11) is 0. The molecular formula is C10H13N5O. The highest BCUT2D eigenvalue weighted by atomic mass is 16.5. The number of rotatable bonds is 4. The molecule has 0 bridgehead atoms. The molecule has 0 aliphatic heterocycles. The zero-order valence-electron chi connectivity index (χ0n) is 9.00. The van der Waals surface area contributed by atoms with Crippen molar-refractivity contribution in [3.8, 4) is 11.5 Å². The van der Waals surface area contributed by atoms with Crippen molar-refractivity contribution in [2.75, 3.05) is 0 Å². The van der Waals surface area contributed by atoms with Crippen LogP contribution in [0.3, 0.4) is 0 Å². The molecule has 1 unspecified atom stereocenters. The number of hydrogen-bond donors (Lipinski definition) is 1. The highest BCUT2D eigenvalue weighted by molar-refractivity contribution is 5.45. The highest BCUT2D eigenvalue weighted by Gasteiger charge is 2.11. The molecule has 0 radical (unpaired) electrons. The fraction of sp³-hybridized carbons (Fsp3) is 0.400. The molecular weight excluding hydrogens is 206 g/mol. The van der Waals surface area contributed by atoms with Crippen molar-refractivity contribution in [3.05, 3.63) is 24.5 Å². The summed E-state index contributed by atoms with van der Waals surface area (Å²) < 4.78 is 5.08. The number of aromatic nitrogens is 4. The molecule has 6 nitrogen and oxygen atoms in total. The lowest BCUT2D eigenvalue weighted by atomic mass is 10.2. The SMILES string of the molecule is CCC(N)Cc1nc(-c2cnccn2)no1. The maximum Gasteiger partial charge on any atom is 0.228 e. The van der Waals surface area contributed by atoms with Crippen molar-refractivity contribution >= 4 is 0 Å². The lowest BCUT2D eigenvalue weighted by molar-refractivity contribution is 0.367. The van der Waals surface area contributed by atoms with E-state index in [2.05, 4.69) is 20.1 Å². The van der Waals surface area contributed by atoms with Gasteiger partial charge in [0.25, 0.3) is 0 Å². The Bertz CT molecular complexity index is 441. The molecule has 0 fully saturated rings. The van der Waals surface area contributed by atoms with E-state index in [0.29, 0.717) is 23.8 Å². The van der Waals surface area contributed by atoms with Crippen LogP contribution in [0, 0.1) is 0 Å². The fourth-order valence-corrected chi connectivity index (χ4v) is 1.23. The van der Waals surface area contributed by atoms with Crippen LogP contribution >= 0.6 is 0 Å². The molecule has 0 aromatic carbocycles. The third-order valence-corrected chi connectivity index (χ3v) is 2.22. The van der Waals surface area contributed by atoms with Crippen molar-refractivity contribution in [1.82, 2.24) is 20.1 Å². The van der Waals surface area contributed by atoms with Crippen LogP contribution in [-0.2, 0) is 6.42 Å². The van der Waals surface area contributed by atoms with Gasteiger partial charge in [0.2, 0.25) is 11.7 Å². The topological polar surface area (TPSA) is 90.7 Å². The van der Waals surface area contributed by atoms with E-state index >= 15 is 0 Å². The molecule has 0 aliphatic rings. The molecule has 6 heteroatoms. The average molecular weight is 219 g/mol. The van der Waals surface area contributed by atoms with Gasteiger partial charge in [-0.2, -0.15) is 4.98 Å². The standard InChI is InChI=1S/C10H13N5O/c1-2-7(11)5-9-14-10(15-16-9)8-6-12-3-4-13-8/h3-4,6-7H,2,5,11H2,1H3. The second-order valence-electron chi connectivity index (χ2n) is 3.47. The van der Waals surface area contributed by atoms with Gasteiger partial charge in [-0.25, -0.2) is 4.98 Å². The molecule has 0 amide bonds. The van der Waals surface area contributed by atoms with Crippen LogP contribution in [0.4, 0.5) is 0 Å². The minimum Gasteiger partial charge on any atom is -0.339 e. The van der Waals surface area contributed by atoms with E-state index in [1.807, 2.05) is 6.92 Å². The predicted molar refractivity (Wildman–Crippen MR) is 57.3 cm³/mol. The number of hydrogen-bond acceptors (Lipinski definition) is 6. The average Bonchev–Trinajstić information content (AvgIpc) is 2.78. The van der Waals surface area contributed by atoms with Crippen molar-refractivity contribution in [1.29, 1.82) is 0 Å².